The highest BCUT2D eigenvalue weighted by Gasteiger charge is 2.14. The molecule has 1 rings (SSSR count). The molecule has 6 heteroatoms. The fraction of sp³-hybridized carbons (Fsp3) is 0.167. The molecule has 18 heavy (non-hydrogen) atoms. The Hall–Kier alpha value is -2.21. The summed E-state index contributed by atoms with van der Waals surface area (Å²) in [6, 6.07) is 2.79. The topological polar surface area (TPSA) is 98.2 Å². The van der Waals surface area contributed by atoms with Gasteiger partial charge in [0.2, 0.25) is 5.91 Å². The first kappa shape index (κ1) is 13.9. The van der Waals surface area contributed by atoms with E-state index in [0.717, 1.165) is 12.1 Å². The maximum atomic E-state index is 13.2. The summed E-state index contributed by atoms with van der Waals surface area (Å²) >= 11 is 0. The summed E-state index contributed by atoms with van der Waals surface area (Å²) in [7, 11) is 0. The Balaban J connectivity index is 2.85. The zero-order valence-electron chi connectivity index (χ0n) is 9.65. The van der Waals surface area contributed by atoms with Crippen molar-refractivity contribution in [3.63, 3.8) is 0 Å². The van der Waals surface area contributed by atoms with Crippen LogP contribution in [-0.2, 0) is 4.79 Å². The molecule has 0 aromatic heterocycles. The Bertz CT molecular complexity index is 488. The highest BCUT2D eigenvalue weighted by Crippen LogP contribution is 2.14. The number of nitrogens with two attached hydrogens (primary N) is 2. The van der Waals surface area contributed by atoms with Crippen LogP contribution in [0.25, 0.3) is 0 Å². The molecule has 0 heterocycles. The second kappa shape index (κ2) is 5.92. The first-order chi connectivity index (χ1) is 8.45. The van der Waals surface area contributed by atoms with Gasteiger partial charge in [-0.15, -0.1) is 6.58 Å². The van der Waals surface area contributed by atoms with E-state index in [1.807, 2.05) is 0 Å². The second-order valence-electron chi connectivity index (χ2n) is 3.68. The number of primary amides is 1. The van der Waals surface area contributed by atoms with Crippen molar-refractivity contribution in [1.29, 1.82) is 0 Å². The number of benzene rings is 1. The van der Waals surface area contributed by atoms with E-state index in [1.54, 1.807) is 0 Å². The summed E-state index contributed by atoms with van der Waals surface area (Å²) in [6.07, 6.45) is 1.83. The summed E-state index contributed by atoms with van der Waals surface area (Å²) in [5.74, 6) is -2.09. The van der Waals surface area contributed by atoms with Gasteiger partial charge in [-0.25, -0.2) is 4.39 Å². The average Bonchev–Trinajstić information content (AvgIpc) is 2.31. The Kier molecular flexibility index (Phi) is 4.56. The summed E-state index contributed by atoms with van der Waals surface area (Å²) in [5.41, 5.74) is 10.5. The number of anilines is 1. The maximum Gasteiger partial charge on any atom is 0.251 e. The molecule has 96 valence electrons. The van der Waals surface area contributed by atoms with Crippen molar-refractivity contribution in [3.05, 3.63) is 42.2 Å². The van der Waals surface area contributed by atoms with Gasteiger partial charge in [0.05, 0.1) is 11.6 Å². The number of hydrogen-bond acceptors (Lipinski definition) is 3. The quantitative estimate of drug-likeness (QED) is 0.674. The molecule has 0 saturated heterocycles. The molecule has 1 aromatic carbocycles. The van der Waals surface area contributed by atoms with Gasteiger partial charge in [0.25, 0.3) is 5.91 Å². The number of carbonyl (C=O) groups is 2. The van der Waals surface area contributed by atoms with Crippen molar-refractivity contribution < 1.29 is 14.0 Å². The van der Waals surface area contributed by atoms with E-state index in [9.17, 15) is 14.0 Å². The molecular formula is C12H14FN3O2. The normalized spacial score (nSPS) is 11.7. The van der Waals surface area contributed by atoms with Gasteiger partial charge in [0.1, 0.15) is 5.82 Å². The third-order valence-corrected chi connectivity index (χ3v) is 2.26. The largest absolute Gasteiger partial charge is 0.366 e. The lowest BCUT2D eigenvalue weighted by Gasteiger charge is -2.11. The number of amides is 2. The number of halogens is 1. The van der Waals surface area contributed by atoms with E-state index in [4.69, 9.17) is 11.5 Å². The van der Waals surface area contributed by atoms with Crippen LogP contribution in [0, 0.1) is 5.82 Å². The highest BCUT2D eigenvalue weighted by molar-refractivity contribution is 5.98. The third kappa shape index (κ3) is 3.39. The SMILES string of the molecule is C=CCC(N)C(=O)Nc1ccc(F)c(C(N)=O)c1. The Morgan fingerprint density at radius 2 is 2.17 bits per heavy atom. The van der Waals surface area contributed by atoms with E-state index >= 15 is 0 Å². The van der Waals surface area contributed by atoms with Crippen LogP contribution in [0.1, 0.15) is 16.8 Å². The molecule has 0 saturated carbocycles. The molecule has 2 amide bonds. The number of carbonyl (C=O) groups excluding carboxylic acids is 2. The van der Waals surface area contributed by atoms with E-state index in [-0.39, 0.29) is 11.3 Å². The minimum Gasteiger partial charge on any atom is -0.366 e. The molecule has 5 N–H and O–H groups in total. The minimum atomic E-state index is -0.904. The van der Waals surface area contributed by atoms with Crippen LogP contribution in [0.3, 0.4) is 0 Å². The molecule has 0 aliphatic carbocycles. The summed E-state index contributed by atoms with van der Waals surface area (Å²) in [5, 5.41) is 2.46. The molecule has 0 spiro atoms. The van der Waals surface area contributed by atoms with Gasteiger partial charge in [-0.05, 0) is 24.6 Å². The van der Waals surface area contributed by atoms with Crippen LogP contribution < -0.4 is 16.8 Å². The molecule has 0 radical (unpaired) electrons. The van der Waals surface area contributed by atoms with Crippen LogP contribution in [0.4, 0.5) is 10.1 Å². The Labute approximate surface area is 104 Å². The molecule has 5 nitrogen and oxygen atoms in total. The standard InChI is InChI=1S/C12H14FN3O2/c1-2-3-10(14)12(18)16-7-4-5-9(13)8(6-7)11(15)17/h2,4-6,10H,1,3,14H2,(H2,15,17)(H,16,18). The molecule has 0 bridgehead atoms. The van der Waals surface area contributed by atoms with Crippen LogP contribution in [0.15, 0.2) is 30.9 Å². The lowest BCUT2D eigenvalue weighted by Crippen LogP contribution is -2.35. The van der Waals surface area contributed by atoms with Crippen LogP contribution in [0.5, 0.6) is 0 Å². The molecule has 0 aliphatic rings. The zero-order chi connectivity index (χ0) is 13.7. The number of hydrogen-bond donors (Lipinski definition) is 3. The second-order valence-corrected chi connectivity index (χ2v) is 3.68. The monoisotopic (exact) mass is 251 g/mol. The highest BCUT2D eigenvalue weighted by atomic mass is 19.1. The molecular weight excluding hydrogens is 237 g/mol. The van der Waals surface area contributed by atoms with E-state index < -0.39 is 23.7 Å². The van der Waals surface area contributed by atoms with E-state index in [0.29, 0.717) is 6.42 Å². The summed E-state index contributed by atoms with van der Waals surface area (Å²) < 4.78 is 13.2. The van der Waals surface area contributed by atoms with Crippen molar-refractivity contribution in [3.8, 4) is 0 Å². The Morgan fingerprint density at radius 3 is 2.72 bits per heavy atom. The first-order valence-corrected chi connectivity index (χ1v) is 5.22. The molecule has 0 aliphatic heterocycles. The van der Waals surface area contributed by atoms with Gasteiger partial charge in [-0.3, -0.25) is 9.59 Å². The zero-order valence-corrected chi connectivity index (χ0v) is 9.65. The van der Waals surface area contributed by atoms with Crippen molar-refractivity contribution in [2.75, 3.05) is 5.32 Å². The lowest BCUT2D eigenvalue weighted by atomic mass is 10.1. The van der Waals surface area contributed by atoms with Crippen LogP contribution >= 0.6 is 0 Å². The van der Waals surface area contributed by atoms with Crippen molar-refractivity contribution in [2.24, 2.45) is 11.5 Å². The van der Waals surface area contributed by atoms with Gasteiger partial charge < -0.3 is 16.8 Å². The third-order valence-electron chi connectivity index (χ3n) is 2.26. The van der Waals surface area contributed by atoms with Gasteiger partial charge in [0.15, 0.2) is 0 Å². The number of nitrogens with one attached hydrogen (secondary N) is 1. The first-order valence-electron chi connectivity index (χ1n) is 5.22. The van der Waals surface area contributed by atoms with Crippen LogP contribution in [-0.4, -0.2) is 17.9 Å². The van der Waals surface area contributed by atoms with Gasteiger partial charge in [0, 0.05) is 5.69 Å². The molecule has 1 aromatic rings. The number of rotatable bonds is 5. The van der Waals surface area contributed by atoms with Crippen molar-refractivity contribution in [1.82, 2.24) is 0 Å². The molecule has 0 fully saturated rings. The van der Waals surface area contributed by atoms with E-state index in [1.165, 1.54) is 12.1 Å². The average molecular weight is 251 g/mol. The summed E-state index contributed by atoms with van der Waals surface area (Å²) in [4.78, 5) is 22.5. The summed E-state index contributed by atoms with van der Waals surface area (Å²) in [6.45, 7) is 3.47. The fourth-order valence-electron chi connectivity index (χ4n) is 1.31. The Morgan fingerprint density at radius 1 is 1.50 bits per heavy atom. The smallest absolute Gasteiger partial charge is 0.251 e. The van der Waals surface area contributed by atoms with Gasteiger partial charge in [-0.2, -0.15) is 0 Å². The van der Waals surface area contributed by atoms with Gasteiger partial charge >= 0.3 is 0 Å². The molecule has 1 atom stereocenters. The van der Waals surface area contributed by atoms with Crippen LogP contribution in [0.2, 0.25) is 0 Å². The predicted octanol–water partition coefficient (Wildman–Crippen LogP) is 0.766. The predicted molar refractivity (Wildman–Crippen MR) is 66.3 cm³/mol. The lowest BCUT2D eigenvalue weighted by molar-refractivity contribution is -0.117. The van der Waals surface area contributed by atoms with E-state index in [2.05, 4.69) is 11.9 Å². The van der Waals surface area contributed by atoms with Crippen molar-refractivity contribution >= 4 is 17.5 Å². The fourth-order valence-corrected chi connectivity index (χ4v) is 1.31. The van der Waals surface area contributed by atoms with Crippen molar-refractivity contribution in [2.45, 2.75) is 12.5 Å². The van der Waals surface area contributed by atoms with Gasteiger partial charge in [-0.1, -0.05) is 6.08 Å². The minimum absolute atomic E-state index is 0.259. The maximum absolute atomic E-state index is 13.2. The molecule has 1 unspecified atom stereocenters.